The van der Waals surface area contributed by atoms with Gasteiger partial charge in [-0.05, 0) is 18.2 Å². The minimum absolute atomic E-state index is 0.583. The highest BCUT2D eigenvalue weighted by atomic mass is 16.5. The van der Waals surface area contributed by atoms with Crippen LogP contribution in [0.15, 0.2) is 24.4 Å². The van der Waals surface area contributed by atoms with Crippen molar-refractivity contribution in [3.63, 3.8) is 0 Å². The minimum atomic E-state index is 0.583. The Hall–Kier alpha value is -2.17. The second-order valence-corrected chi connectivity index (χ2v) is 3.79. The van der Waals surface area contributed by atoms with E-state index in [0.717, 1.165) is 11.3 Å². The highest BCUT2D eigenvalue weighted by molar-refractivity contribution is 5.68. The molecule has 5 nitrogen and oxygen atoms in total. The lowest BCUT2D eigenvalue weighted by Gasteiger charge is -2.13. The number of aryl methyl sites for hydroxylation is 1. The third-order valence-electron chi connectivity index (χ3n) is 2.67. The molecule has 0 aliphatic rings. The van der Waals surface area contributed by atoms with Gasteiger partial charge in [-0.3, -0.25) is 4.68 Å². The van der Waals surface area contributed by atoms with Crippen molar-refractivity contribution in [3.05, 3.63) is 24.4 Å². The number of benzene rings is 1. The standard InChI is InChI=1S/C13H16N2O3/c1-15-6-5-10(14-15)9-7-11(16-2)13(18-4)12(8-9)17-3/h5-8H,1-4H3. The third-order valence-corrected chi connectivity index (χ3v) is 2.67. The average Bonchev–Trinajstić information content (AvgIpc) is 2.83. The van der Waals surface area contributed by atoms with Crippen molar-refractivity contribution >= 4 is 0 Å². The number of hydrogen-bond acceptors (Lipinski definition) is 4. The number of aromatic nitrogens is 2. The number of hydrogen-bond donors (Lipinski definition) is 0. The first-order valence-corrected chi connectivity index (χ1v) is 5.49. The molecule has 1 aromatic carbocycles. The Bertz CT molecular complexity index is 524. The first kappa shape index (κ1) is 12.3. The Morgan fingerprint density at radius 1 is 1.00 bits per heavy atom. The van der Waals surface area contributed by atoms with Gasteiger partial charge in [0.15, 0.2) is 11.5 Å². The summed E-state index contributed by atoms with van der Waals surface area (Å²) in [6.45, 7) is 0. The Morgan fingerprint density at radius 3 is 2.00 bits per heavy atom. The highest BCUT2D eigenvalue weighted by Gasteiger charge is 2.14. The summed E-state index contributed by atoms with van der Waals surface area (Å²) < 4.78 is 17.6. The van der Waals surface area contributed by atoms with Gasteiger partial charge in [0.25, 0.3) is 0 Å². The number of methoxy groups -OCH3 is 3. The topological polar surface area (TPSA) is 45.5 Å². The Labute approximate surface area is 106 Å². The van der Waals surface area contributed by atoms with Crippen LogP contribution in [0.25, 0.3) is 11.3 Å². The quantitative estimate of drug-likeness (QED) is 0.831. The summed E-state index contributed by atoms with van der Waals surface area (Å²) in [7, 11) is 6.65. The number of ether oxygens (including phenoxy) is 3. The van der Waals surface area contributed by atoms with Gasteiger partial charge < -0.3 is 14.2 Å². The first-order chi connectivity index (χ1) is 8.69. The predicted molar refractivity (Wildman–Crippen MR) is 68.3 cm³/mol. The summed E-state index contributed by atoms with van der Waals surface area (Å²) >= 11 is 0. The van der Waals surface area contributed by atoms with Crippen LogP contribution in [0.1, 0.15) is 0 Å². The van der Waals surface area contributed by atoms with Crippen LogP contribution in [0.4, 0.5) is 0 Å². The van der Waals surface area contributed by atoms with E-state index >= 15 is 0 Å². The molecule has 0 amide bonds. The number of nitrogens with zero attached hydrogens (tertiary/aromatic N) is 2. The fourth-order valence-electron chi connectivity index (χ4n) is 1.80. The summed E-state index contributed by atoms with van der Waals surface area (Å²) in [5, 5.41) is 4.35. The summed E-state index contributed by atoms with van der Waals surface area (Å²) in [5.41, 5.74) is 1.78. The summed E-state index contributed by atoms with van der Waals surface area (Å²) in [5.74, 6) is 1.83. The SMILES string of the molecule is COc1cc(-c2ccn(C)n2)cc(OC)c1OC. The van der Waals surface area contributed by atoms with E-state index in [0.29, 0.717) is 17.2 Å². The van der Waals surface area contributed by atoms with Gasteiger partial charge in [0.05, 0.1) is 27.0 Å². The fraction of sp³-hybridized carbons (Fsp3) is 0.308. The molecule has 2 rings (SSSR count). The van der Waals surface area contributed by atoms with E-state index in [-0.39, 0.29) is 0 Å². The molecular weight excluding hydrogens is 232 g/mol. The fourth-order valence-corrected chi connectivity index (χ4v) is 1.80. The molecule has 18 heavy (non-hydrogen) atoms. The molecule has 5 heteroatoms. The van der Waals surface area contributed by atoms with Gasteiger partial charge in [0.1, 0.15) is 0 Å². The zero-order valence-corrected chi connectivity index (χ0v) is 10.9. The zero-order valence-electron chi connectivity index (χ0n) is 10.9. The summed E-state index contributed by atoms with van der Waals surface area (Å²) in [6.07, 6.45) is 1.89. The van der Waals surface area contributed by atoms with Gasteiger partial charge in [-0.15, -0.1) is 0 Å². The molecule has 0 radical (unpaired) electrons. The van der Waals surface area contributed by atoms with E-state index in [9.17, 15) is 0 Å². The summed E-state index contributed by atoms with van der Waals surface area (Å²) in [4.78, 5) is 0. The second kappa shape index (κ2) is 5.00. The third kappa shape index (κ3) is 2.11. The van der Waals surface area contributed by atoms with Crippen LogP contribution in [0.2, 0.25) is 0 Å². The maximum atomic E-state index is 5.31. The van der Waals surface area contributed by atoms with Crippen LogP contribution >= 0.6 is 0 Å². The maximum absolute atomic E-state index is 5.31. The van der Waals surface area contributed by atoms with E-state index in [4.69, 9.17) is 14.2 Å². The van der Waals surface area contributed by atoms with Crippen molar-refractivity contribution < 1.29 is 14.2 Å². The highest BCUT2D eigenvalue weighted by Crippen LogP contribution is 2.40. The van der Waals surface area contributed by atoms with Crippen LogP contribution in [-0.4, -0.2) is 31.1 Å². The van der Waals surface area contributed by atoms with Gasteiger partial charge in [0, 0.05) is 18.8 Å². The van der Waals surface area contributed by atoms with Crippen molar-refractivity contribution in [2.24, 2.45) is 7.05 Å². The smallest absolute Gasteiger partial charge is 0.203 e. The van der Waals surface area contributed by atoms with E-state index in [2.05, 4.69) is 5.10 Å². The first-order valence-electron chi connectivity index (χ1n) is 5.49. The molecular formula is C13H16N2O3. The molecule has 0 bridgehead atoms. The minimum Gasteiger partial charge on any atom is -0.493 e. The largest absolute Gasteiger partial charge is 0.493 e. The van der Waals surface area contributed by atoms with Crippen molar-refractivity contribution in [2.75, 3.05) is 21.3 Å². The second-order valence-electron chi connectivity index (χ2n) is 3.79. The molecule has 0 saturated carbocycles. The van der Waals surface area contributed by atoms with E-state index in [1.54, 1.807) is 26.0 Å². The van der Waals surface area contributed by atoms with Crippen molar-refractivity contribution in [1.82, 2.24) is 9.78 Å². The van der Waals surface area contributed by atoms with Crippen molar-refractivity contribution in [3.8, 4) is 28.5 Å². The van der Waals surface area contributed by atoms with Crippen LogP contribution in [0, 0.1) is 0 Å². The van der Waals surface area contributed by atoms with Crippen LogP contribution in [0.3, 0.4) is 0 Å². The molecule has 0 N–H and O–H groups in total. The van der Waals surface area contributed by atoms with Gasteiger partial charge >= 0.3 is 0 Å². The van der Waals surface area contributed by atoms with E-state index < -0.39 is 0 Å². The molecule has 0 spiro atoms. The maximum Gasteiger partial charge on any atom is 0.203 e. The van der Waals surface area contributed by atoms with Crippen LogP contribution < -0.4 is 14.2 Å². The predicted octanol–water partition coefficient (Wildman–Crippen LogP) is 2.11. The van der Waals surface area contributed by atoms with Crippen LogP contribution in [0.5, 0.6) is 17.2 Å². The molecule has 0 aliphatic heterocycles. The molecule has 0 fully saturated rings. The molecule has 0 unspecified atom stereocenters. The van der Waals surface area contributed by atoms with Gasteiger partial charge in [0.2, 0.25) is 5.75 Å². The Morgan fingerprint density at radius 2 is 1.61 bits per heavy atom. The lowest BCUT2D eigenvalue weighted by atomic mass is 10.1. The molecule has 96 valence electrons. The lowest BCUT2D eigenvalue weighted by molar-refractivity contribution is 0.324. The van der Waals surface area contributed by atoms with Gasteiger partial charge in [-0.1, -0.05) is 0 Å². The van der Waals surface area contributed by atoms with Crippen LogP contribution in [-0.2, 0) is 7.05 Å². The molecule has 2 aromatic rings. The van der Waals surface area contributed by atoms with E-state index in [1.807, 2.05) is 31.4 Å². The number of rotatable bonds is 4. The summed E-state index contributed by atoms with van der Waals surface area (Å²) in [6, 6.07) is 5.69. The molecule has 0 saturated heterocycles. The normalized spacial score (nSPS) is 10.2. The van der Waals surface area contributed by atoms with Crippen molar-refractivity contribution in [2.45, 2.75) is 0 Å². The molecule has 1 heterocycles. The van der Waals surface area contributed by atoms with Gasteiger partial charge in [-0.25, -0.2) is 0 Å². The molecule has 0 aliphatic carbocycles. The van der Waals surface area contributed by atoms with Gasteiger partial charge in [-0.2, -0.15) is 5.10 Å². The molecule has 0 atom stereocenters. The zero-order chi connectivity index (χ0) is 13.1. The average molecular weight is 248 g/mol. The molecule has 1 aromatic heterocycles. The monoisotopic (exact) mass is 248 g/mol. The lowest BCUT2D eigenvalue weighted by Crippen LogP contribution is -1.96. The Balaban J connectivity index is 2.56. The Kier molecular flexibility index (Phi) is 3.41. The van der Waals surface area contributed by atoms with Crippen molar-refractivity contribution in [1.29, 1.82) is 0 Å². The van der Waals surface area contributed by atoms with E-state index in [1.165, 1.54) is 0 Å².